The number of hydrogen-bond donors (Lipinski definition) is 1. The lowest BCUT2D eigenvalue weighted by molar-refractivity contribution is -0.122. The van der Waals surface area contributed by atoms with Crippen molar-refractivity contribution in [2.75, 3.05) is 19.0 Å². The summed E-state index contributed by atoms with van der Waals surface area (Å²) in [6, 6.07) is 13.6. The molecule has 2 rings (SSSR count). The molecule has 2 aromatic carbocycles. The lowest BCUT2D eigenvalue weighted by Crippen LogP contribution is -2.30. The fraction of sp³-hybridized carbons (Fsp3) is 0.333. The lowest BCUT2D eigenvalue weighted by atomic mass is 10.2. The summed E-state index contributed by atoms with van der Waals surface area (Å²) in [6.45, 7) is 4.07. The molecule has 2 aromatic rings. The van der Waals surface area contributed by atoms with E-state index in [4.69, 9.17) is 14.2 Å². The largest absolute Gasteiger partial charge is 0.497 e. The summed E-state index contributed by atoms with van der Waals surface area (Å²) >= 11 is 0. The van der Waals surface area contributed by atoms with Crippen LogP contribution < -0.4 is 14.8 Å². The van der Waals surface area contributed by atoms with Gasteiger partial charge in [-0.3, -0.25) is 4.79 Å². The minimum Gasteiger partial charge on any atom is -0.497 e. The van der Waals surface area contributed by atoms with E-state index in [1.165, 1.54) is 0 Å². The highest BCUT2D eigenvalue weighted by atomic mass is 16.5. The first-order valence-corrected chi connectivity index (χ1v) is 8.92. The normalized spacial score (nSPS) is 11.4. The zero-order valence-corrected chi connectivity index (χ0v) is 15.9. The van der Waals surface area contributed by atoms with E-state index in [-0.39, 0.29) is 5.91 Å². The Kier molecular flexibility index (Phi) is 7.67. The fourth-order valence-corrected chi connectivity index (χ4v) is 2.27. The van der Waals surface area contributed by atoms with Crippen LogP contribution in [0, 0.1) is 0 Å². The Bertz CT molecular complexity index is 757. The average Bonchev–Trinajstić information content (AvgIpc) is 2.68. The van der Waals surface area contributed by atoms with Crippen LogP contribution in [0.1, 0.15) is 37.0 Å². The fourth-order valence-electron chi connectivity index (χ4n) is 2.27. The number of carbonyl (C=O) groups excluding carboxylic acids is 2. The van der Waals surface area contributed by atoms with Crippen molar-refractivity contribution in [2.45, 2.75) is 32.8 Å². The van der Waals surface area contributed by atoms with Crippen molar-refractivity contribution in [1.82, 2.24) is 0 Å². The van der Waals surface area contributed by atoms with E-state index >= 15 is 0 Å². The number of anilines is 1. The van der Waals surface area contributed by atoms with Gasteiger partial charge in [-0.2, -0.15) is 0 Å². The highest BCUT2D eigenvalue weighted by molar-refractivity contribution is 5.96. The average molecular weight is 371 g/mol. The van der Waals surface area contributed by atoms with Crippen LogP contribution in [-0.4, -0.2) is 31.7 Å². The van der Waals surface area contributed by atoms with Crippen LogP contribution in [0.3, 0.4) is 0 Å². The Morgan fingerprint density at radius 1 is 1.07 bits per heavy atom. The molecule has 0 aliphatic carbocycles. The second-order valence-electron chi connectivity index (χ2n) is 6.00. The number of benzene rings is 2. The Hall–Kier alpha value is -3.02. The van der Waals surface area contributed by atoms with Crippen molar-refractivity contribution >= 4 is 17.6 Å². The first kappa shape index (κ1) is 20.3. The lowest BCUT2D eigenvalue weighted by Gasteiger charge is -2.15. The van der Waals surface area contributed by atoms with E-state index in [2.05, 4.69) is 5.32 Å². The number of carbonyl (C=O) groups is 2. The second kappa shape index (κ2) is 10.2. The standard InChI is InChI=1S/C21H25NO5/c1-4-5-13-26-21(24)16-7-6-8-17(14-16)22-20(23)15(2)27-19-11-9-18(25-3)10-12-19/h6-12,14-15H,4-5,13H2,1-3H3,(H,22,23)/t15-/m1/s1. The van der Waals surface area contributed by atoms with Crippen molar-refractivity contribution in [3.8, 4) is 11.5 Å². The maximum absolute atomic E-state index is 12.4. The minimum absolute atomic E-state index is 0.317. The SMILES string of the molecule is CCCCOC(=O)c1cccc(NC(=O)[C@@H](C)Oc2ccc(OC)cc2)c1. The molecule has 1 atom stereocenters. The number of amides is 1. The van der Waals surface area contributed by atoms with Gasteiger partial charge in [-0.15, -0.1) is 0 Å². The molecular weight excluding hydrogens is 346 g/mol. The Labute approximate surface area is 159 Å². The molecule has 6 heteroatoms. The van der Waals surface area contributed by atoms with Gasteiger partial charge in [0.05, 0.1) is 19.3 Å². The van der Waals surface area contributed by atoms with Gasteiger partial charge in [0.2, 0.25) is 0 Å². The summed E-state index contributed by atoms with van der Waals surface area (Å²) in [5.74, 6) is 0.554. The Morgan fingerprint density at radius 2 is 1.78 bits per heavy atom. The van der Waals surface area contributed by atoms with Crippen LogP contribution >= 0.6 is 0 Å². The highest BCUT2D eigenvalue weighted by Gasteiger charge is 2.16. The number of rotatable bonds is 9. The van der Waals surface area contributed by atoms with Crippen molar-refractivity contribution in [1.29, 1.82) is 0 Å². The molecule has 0 heterocycles. The molecule has 0 radical (unpaired) electrons. The van der Waals surface area contributed by atoms with E-state index < -0.39 is 12.1 Å². The van der Waals surface area contributed by atoms with Gasteiger partial charge < -0.3 is 19.5 Å². The smallest absolute Gasteiger partial charge is 0.338 e. The van der Waals surface area contributed by atoms with Crippen molar-refractivity contribution < 1.29 is 23.8 Å². The Morgan fingerprint density at radius 3 is 2.44 bits per heavy atom. The third-order valence-electron chi connectivity index (χ3n) is 3.84. The predicted molar refractivity (Wildman–Crippen MR) is 103 cm³/mol. The molecule has 0 bridgehead atoms. The van der Waals surface area contributed by atoms with Gasteiger partial charge in [-0.05, 0) is 55.8 Å². The number of methoxy groups -OCH3 is 1. The molecule has 0 unspecified atom stereocenters. The van der Waals surface area contributed by atoms with E-state index in [0.717, 1.165) is 12.8 Å². The molecule has 0 fully saturated rings. The summed E-state index contributed by atoms with van der Waals surface area (Å²) in [5.41, 5.74) is 0.905. The quantitative estimate of drug-likeness (QED) is 0.531. The van der Waals surface area contributed by atoms with E-state index in [1.807, 2.05) is 6.92 Å². The molecule has 0 saturated carbocycles. The minimum atomic E-state index is -0.710. The van der Waals surface area contributed by atoms with E-state index in [0.29, 0.717) is 29.4 Å². The van der Waals surface area contributed by atoms with Crippen molar-refractivity contribution in [2.24, 2.45) is 0 Å². The second-order valence-corrected chi connectivity index (χ2v) is 6.00. The monoisotopic (exact) mass is 371 g/mol. The molecule has 6 nitrogen and oxygen atoms in total. The van der Waals surface area contributed by atoms with Crippen LogP contribution in [0.25, 0.3) is 0 Å². The van der Waals surface area contributed by atoms with Crippen LogP contribution in [0.4, 0.5) is 5.69 Å². The van der Waals surface area contributed by atoms with Gasteiger partial charge in [0, 0.05) is 5.69 Å². The van der Waals surface area contributed by atoms with E-state index in [1.54, 1.807) is 62.6 Å². The molecule has 0 aliphatic heterocycles. The zero-order chi connectivity index (χ0) is 19.6. The maximum Gasteiger partial charge on any atom is 0.338 e. The summed E-state index contributed by atoms with van der Waals surface area (Å²) < 4.78 is 15.9. The molecule has 1 amide bonds. The molecule has 0 aliphatic rings. The van der Waals surface area contributed by atoms with Gasteiger partial charge in [0.15, 0.2) is 6.10 Å². The first-order valence-electron chi connectivity index (χ1n) is 8.92. The van der Waals surface area contributed by atoms with Gasteiger partial charge >= 0.3 is 5.97 Å². The third kappa shape index (κ3) is 6.33. The summed E-state index contributed by atoms with van der Waals surface area (Å²) in [4.78, 5) is 24.4. The van der Waals surface area contributed by atoms with Crippen LogP contribution in [0.2, 0.25) is 0 Å². The van der Waals surface area contributed by atoms with E-state index in [9.17, 15) is 9.59 Å². The third-order valence-corrected chi connectivity index (χ3v) is 3.84. The topological polar surface area (TPSA) is 73.9 Å². The highest BCUT2D eigenvalue weighted by Crippen LogP contribution is 2.19. The molecule has 0 spiro atoms. The maximum atomic E-state index is 12.4. The van der Waals surface area contributed by atoms with Crippen LogP contribution in [0.15, 0.2) is 48.5 Å². The molecule has 27 heavy (non-hydrogen) atoms. The van der Waals surface area contributed by atoms with Crippen molar-refractivity contribution in [3.05, 3.63) is 54.1 Å². The number of esters is 1. The zero-order valence-electron chi connectivity index (χ0n) is 15.9. The summed E-state index contributed by atoms with van der Waals surface area (Å²) in [7, 11) is 1.58. The first-order chi connectivity index (χ1) is 13.0. The summed E-state index contributed by atoms with van der Waals surface area (Å²) in [5, 5.41) is 2.75. The van der Waals surface area contributed by atoms with Gasteiger partial charge in [0.1, 0.15) is 11.5 Å². The number of unbranched alkanes of at least 4 members (excludes halogenated alkanes) is 1. The van der Waals surface area contributed by atoms with Gasteiger partial charge in [0.25, 0.3) is 5.91 Å². The van der Waals surface area contributed by atoms with Crippen molar-refractivity contribution in [3.63, 3.8) is 0 Å². The van der Waals surface area contributed by atoms with Crippen LogP contribution in [0.5, 0.6) is 11.5 Å². The molecule has 0 aromatic heterocycles. The van der Waals surface area contributed by atoms with Gasteiger partial charge in [-0.1, -0.05) is 19.4 Å². The molecule has 144 valence electrons. The number of nitrogens with one attached hydrogen (secondary N) is 1. The molecule has 1 N–H and O–H groups in total. The molecule has 0 saturated heterocycles. The van der Waals surface area contributed by atoms with Crippen LogP contribution in [-0.2, 0) is 9.53 Å². The molecular formula is C21H25NO5. The number of hydrogen-bond acceptors (Lipinski definition) is 5. The van der Waals surface area contributed by atoms with Gasteiger partial charge in [-0.25, -0.2) is 4.79 Å². The summed E-state index contributed by atoms with van der Waals surface area (Å²) in [6.07, 6.45) is 1.07. The Balaban J connectivity index is 1.93. The predicted octanol–water partition coefficient (Wildman–Crippen LogP) is 4.06. The number of ether oxygens (including phenoxy) is 3.